The Balaban J connectivity index is 2.23. The van der Waals surface area contributed by atoms with Gasteiger partial charge in [-0.05, 0) is 19.1 Å². The molecule has 0 amide bonds. The highest BCUT2D eigenvalue weighted by molar-refractivity contribution is 5.62. The van der Waals surface area contributed by atoms with Crippen LogP contribution in [0, 0.1) is 0 Å². The maximum absolute atomic E-state index is 9.37. The Morgan fingerprint density at radius 1 is 1.56 bits per heavy atom. The van der Waals surface area contributed by atoms with Crippen LogP contribution in [0.4, 0.5) is 11.4 Å². The van der Waals surface area contributed by atoms with E-state index in [2.05, 4.69) is 4.90 Å². The molecule has 1 atom stereocenters. The van der Waals surface area contributed by atoms with Crippen LogP contribution in [0.1, 0.15) is 6.92 Å². The molecular weight excluding hydrogens is 232 g/mol. The van der Waals surface area contributed by atoms with Crippen LogP contribution < -0.4 is 15.4 Å². The average molecular weight is 252 g/mol. The van der Waals surface area contributed by atoms with E-state index >= 15 is 0 Å². The molecule has 1 heterocycles. The third kappa shape index (κ3) is 2.68. The van der Waals surface area contributed by atoms with Crippen LogP contribution in [0.2, 0.25) is 0 Å². The number of morpholine rings is 1. The maximum Gasteiger partial charge on any atom is 0.144 e. The minimum Gasteiger partial charge on any atom is -0.492 e. The third-order valence-corrected chi connectivity index (χ3v) is 3.07. The Bertz CT molecular complexity index is 398. The summed E-state index contributed by atoms with van der Waals surface area (Å²) in [5.74, 6) is 0.693. The van der Waals surface area contributed by atoms with Gasteiger partial charge in [0, 0.05) is 18.3 Å². The smallest absolute Gasteiger partial charge is 0.144 e. The van der Waals surface area contributed by atoms with Gasteiger partial charge in [-0.1, -0.05) is 0 Å². The average Bonchev–Trinajstić information content (AvgIpc) is 2.41. The molecule has 1 aliphatic rings. The number of aliphatic hydroxyl groups is 1. The second-order valence-corrected chi connectivity index (χ2v) is 4.26. The molecule has 1 fully saturated rings. The molecule has 2 rings (SSSR count). The molecule has 1 saturated heterocycles. The second kappa shape index (κ2) is 5.93. The van der Waals surface area contributed by atoms with Crippen molar-refractivity contribution in [3.63, 3.8) is 0 Å². The Labute approximate surface area is 107 Å². The number of hydrogen-bond donors (Lipinski definition) is 2. The van der Waals surface area contributed by atoms with Gasteiger partial charge in [0.05, 0.1) is 38.2 Å². The topological polar surface area (TPSA) is 68.0 Å². The zero-order valence-electron chi connectivity index (χ0n) is 10.6. The van der Waals surface area contributed by atoms with E-state index in [1.54, 1.807) is 0 Å². The first-order valence-corrected chi connectivity index (χ1v) is 6.23. The molecule has 1 unspecified atom stereocenters. The highest BCUT2D eigenvalue weighted by Gasteiger charge is 2.23. The number of aliphatic hydroxyl groups excluding tert-OH is 1. The minimum atomic E-state index is -0.00292. The van der Waals surface area contributed by atoms with Crippen molar-refractivity contribution in [3.8, 4) is 5.75 Å². The van der Waals surface area contributed by atoms with E-state index in [9.17, 15) is 5.11 Å². The fraction of sp³-hybridized carbons (Fsp3) is 0.538. The van der Waals surface area contributed by atoms with E-state index < -0.39 is 0 Å². The molecular formula is C13H20N2O3. The van der Waals surface area contributed by atoms with Gasteiger partial charge in [0.1, 0.15) is 5.75 Å². The summed E-state index contributed by atoms with van der Waals surface area (Å²) in [5.41, 5.74) is 7.50. The van der Waals surface area contributed by atoms with Gasteiger partial charge in [-0.15, -0.1) is 0 Å². The predicted octanol–water partition coefficient (Wildman–Crippen LogP) is 0.865. The van der Waals surface area contributed by atoms with Crippen LogP contribution in [0.25, 0.3) is 0 Å². The first-order chi connectivity index (χ1) is 8.76. The standard InChI is InChI=1S/C13H20N2O3/c1-2-18-13-7-10(3-4-12(13)14)15-5-6-17-9-11(15)8-16/h3-4,7,11,16H,2,5-6,8-9,14H2,1H3. The number of ether oxygens (including phenoxy) is 2. The third-order valence-electron chi connectivity index (χ3n) is 3.07. The van der Waals surface area contributed by atoms with Gasteiger partial charge in [-0.25, -0.2) is 0 Å². The molecule has 0 saturated carbocycles. The summed E-state index contributed by atoms with van der Waals surface area (Å²) in [6, 6.07) is 5.71. The van der Waals surface area contributed by atoms with Gasteiger partial charge >= 0.3 is 0 Å². The van der Waals surface area contributed by atoms with Crippen molar-refractivity contribution in [2.75, 3.05) is 43.6 Å². The van der Waals surface area contributed by atoms with E-state index in [1.807, 2.05) is 25.1 Å². The number of nitrogen functional groups attached to an aromatic ring is 1. The first-order valence-electron chi connectivity index (χ1n) is 6.23. The molecule has 0 spiro atoms. The van der Waals surface area contributed by atoms with Crippen LogP contribution in [0.15, 0.2) is 18.2 Å². The summed E-state index contributed by atoms with van der Waals surface area (Å²) < 4.78 is 10.9. The fourth-order valence-electron chi connectivity index (χ4n) is 2.13. The second-order valence-electron chi connectivity index (χ2n) is 4.26. The van der Waals surface area contributed by atoms with Crippen LogP contribution >= 0.6 is 0 Å². The molecule has 0 aliphatic carbocycles. The van der Waals surface area contributed by atoms with Crippen molar-refractivity contribution in [1.29, 1.82) is 0 Å². The van der Waals surface area contributed by atoms with Crippen molar-refractivity contribution in [2.45, 2.75) is 13.0 Å². The summed E-state index contributed by atoms with van der Waals surface area (Å²) in [4.78, 5) is 2.13. The van der Waals surface area contributed by atoms with E-state index in [4.69, 9.17) is 15.2 Å². The Kier molecular flexibility index (Phi) is 4.28. The minimum absolute atomic E-state index is 0.00292. The SMILES string of the molecule is CCOc1cc(N2CCOCC2CO)ccc1N. The highest BCUT2D eigenvalue weighted by Crippen LogP contribution is 2.29. The van der Waals surface area contributed by atoms with Crippen molar-refractivity contribution >= 4 is 11.4 Å². The van der Waals surface area contributed by atoms with E-state index in [0.29, 0.717) is 31.3 Å². The molecule has 3 N–H and O–H groups in total. The monoisotopic (exact) mass is 252 g/mol. The normalized spacial score (nSPS) is 19.9. The van der Waals surface area contributed by atoms with Crippen molar-refractivity contribution in [1.82, 2.24) is 0 Å². The number of nitrogens with two attached hydrogens (primary N) is 1. The summed E-state index contributed by atoms with van der Waals surface area (Å²) in [6.45, 7) is 4.57. The Hall–Kier alpha value is -1.46. The Morgan fingerprint density at radius 3 is 3.11 bits per heavy atom. The zero-order valence-corrected chi connectivity index (χ0v) is 10.6. The molecule has 5 nitrogen and oxygen atoms in total. The molecule has 1 aliphatic heterocycles. The van der Waals surface area contributed by atoms with Gasteiger partial charge in [0.15, 0.2) is 0 Å². The van der Waals surface area contributed by atoms with E-state index in [-0.39, 0.29) is 12.6 Å². The predicted molar refractivity (Wildman–Crippen MR) is 71.1 cm³/mol. The zero-order chi connectivity index (χ0) is 13.0. The fourth-order valence-corrected chi connectivity index (χ4v) is 2.13. The molecule has 0 bridgehead atoms. The van der Waals surface area contributed by atoms with Crippen molar-refractivity contribution in [3.05, 3.63) is 18.2 Å². The number of anilines is 2. The molecule has 1 aromatic carbocycles. The lowest BCUT2D eigenvalue weighted by Crippen LogP contribution is -2.47. The van der Waals surface area contributed by atoms with Gasteiger partial charge < -0.3 is 25.2 Å². The lowest BCUT2D eigenvalue weighted by Gasteiger charge is -2.36. The first kappa shape index (κ1) is 13.0. The number of hydrogen-bond acceptors (Lipinski definition) is 5. The van der Waals surface area contributed by atoms with Crippen LogP contribution in [0.3, 0.4) is 0 Å². The molecule has 100 valence electrons. The van der Waals surface area contributed by atoms with Gasteiger partial charge in [-0.3, -0.25) is 0 Å². The van der Waals surface area contributed by atoms with E-state index in [1.165, 1.54) is 0 Å². The lowest BCUT2D eigenvalue weighted by molar-refractivity contribution is 0.0727. The van der Waals surface area contributed by atoms with Crippen molar-refractivity contribution in [2.24, 2.45) is 0 Å². The molecule has 0 radical (unpaired) electrons. The molecule has 0 aromatic heterocycles. The van der Waals surface area contributed by atoms with Crippen LogP contribution in [-0.2, 0) is 4.74 Å². The number of rotatable bonds is 4. The molecule has 1 aromatic rings. The molecule has 18 heavy (non-hydrogen) atoms. The largest absolute Gasteiger partial charge is 0.492 e. The summed E-state index contributed by atoms with van der Waals surface area (Å²) >= 11 is 0. The van der Waals surface area contributed by atoms with Gasteiger partial charge in [0.2, 0.25) is 0 Å². The lowest BCUT2D eigenvalue weighted by atomic mass is 10.1. The van der Waals surface area contributed by atoms with Gasteiger partial charge in [-0.2, -0.15) is 0 Å². The number of benzene rings is 1. The van der Waals surface area contributed by atoms with Crippen molar-refractivity contribution < 1.29 is 14.6 Å². The van der Waals surface area contributed by atoms with Gasteiger partial charge in [0.25, 0.3) is 0 Å². The quantitative estimate of drug-likeness (QED) is 0.778. The molecule has 5 heteroatoms. The van der Waals surface area contributed by atoms with Crippen LogP contribution in [0.5, 0.6) is 5.75 Å². The van der Waals surface area contributed by atoms with Crippen LogP contribution in [-0.4, -0.2) is 44.1 Å². The summed E-state index contributed by atoms with van der Waals surface area (Å²) in [7, 11) is 0. The highest BCUT2D eigenvalue weighted by atomic mass is 16.5. The summed E-state index contributed by atoms with van der Waals surface area (Å²) in [5, 5.41) is 9.37. The Morgan fingerprint density at radius 2 is 2.39 bits per heavy atom. The maximum atomic E-state index is 9.37. The summed E-state index contributed by atoms with van der Waals surface area (Å²) in [6.07, 6.45) is 0. The number of nitrogens with zero attached hydrogens (tertiary/aromatic N) is 1. The van der Waals surface area contributed by atoms with E-state index in [0.717, 1.165) is 12.2 Å².